The van der Waals surface area contributed by atoms with Gasteiger partial charge in [-0.1, -0.05) is 171 Å². The number of rotatable bonds is 5. The summed E-state index contributed by atoms with van der Waals surface area (Å²) >= 11 is 0. The fraction of sp³-hybridized carbons (Fsp3) is 0.0638. The summed E-state index contributed by atoms with van der Waals surface area (Å²) in [4.78, 5) is 9.93. The number of hydrogen-bond acceptors (Lipinski definition) is 2. The first kappa shape index (κ1) is 23.2. The van der Waals surface area contributed by atoms with E-state index in [1.165, 1.54) is 5.56 Å². The van der Waals surface area contributed by atoms with E-state index in [1.807, 2.05) is 103 Å². The SMILES string of the molecule is [2H]c1c([2H])c([2H])c2c(-c3cc(-c4ccc(-c5ccccc5)cc4)nc(-c4ccccc4)n3)c([2H])c([2H])c(-c3ccc4c(c3)C(C)(C)c3ccccc3-4)c2c1[2H]. The van der Waals surface area contributed by atoms with Gasteiger partial charge in [-0.05, 0) is 67.4 Å². The molecule has 0 bridgehead atoms. The summed E-state index contributed by atoms with van der Waals surface area (Å²) < 4.78 is 55.2. The minimum absolute atomic E-state index is 0.144. The average molecular weight is 633 g/mol. The fourth-order valence-corrected chi connectivity index (χ4v) is 7.11. The van der Waals surface area contributed by atoms with Crippen molar-refractivity contribution in [2.75, 3.05) is 0 Å². The molecule has 232 valence electrons. The number of nitrogens with zero attached hydrogens (tertiary/aromatic N) is 2. The van der Waals surface area contributed by atoms with Crippen LogP contribution in [0.2, 0.25) is 0 Å². The molecule has 0 aliphatic heterocycles. The molecule has 1 heterocycles. The zero-order chi connectivity index (χ0) is 38.2. The lowest BCUT2D eigenvalue weighted by atomic mass is 9.81. The van der Waals surface area contributed by atoms with Gasteiger partial charge in [0.2, 0.25) is 0 Å². The molecule has 0 radical (unpaired) electrons. The highest BCUT2D eigenvalue weighted by molar-refractivity contribution is 6.05. The number of benzene rings is 7. The molecule has 9 rings (SSSR count). The van der Waals surface area contributed by atoms with Crippen molar-refractivity contribution in [3.63, 3.8) is 0 Å². The summed E-state index contributed by atoms with van der Waals surface area (Å²) in [6.45, 7) is 4.33. The van der Waals surface area contributed by atoms with Crippen molar-refractivity contribution >= 4 is 10.8 Å². The third kappa shape index (κ3) is 4.96. The van der Waals surface area contributed by atoms with Crippen LogP contribution in [0.5, 0.6) is 0 Å². The lowest BCUT2D eigenvalue weighted by molar-refractivity contribution is 0.660. The van der Waals surface area contributed by atoms with E-state index in [2.05, 4.69) is 38.1 Å². The quantitative estimate of drug-likeness (QED) is 0.189. The van der Waals surface area contributed by atoms with Gasteiger partial charge < -0.3 is 0 Å². The zero-order valence-electron chi connectivity index (χ0n) is 33.1. The largest absolute Gasteiger partial charge is 0.228 e. The van der Waals surface area contributed by atoms with Crippen molar-refractivity contribution < 1.29 is 8.22 Å². The lowest BCUT2D eigenvalue weighted by Gasteiger charge is -2.22. The Kier molecular flexibility index (Phi) is 5.47. The molecule has 0 atom stereocenters. The third-order valence-electron chi connectivity index (χ3n) is 9.67. The Morgan fingerprint density at radius 1 is 0.429 bits per heavy atom. The van der Waals surface area contributed by atoms with Crippen molar-refractivity contribution in [1.29, 1.82) is 0 Å². The molecule has 0 fully saturated rings. The molecule has 49 heavy (non-hydrogen) atoms. The second kappa shape index (κ2) is 11.5. The van der Waals surface area contributed by atoms with Crippen LogP contribution in [0.4, 0.5) is 0 Å². The van der Waals surface area contributed by atoms with E-state index in [9.17, 15) is 5.48 Å². The minimum atomic E-state index is -0.415. The molecule has 0 unspecified atom stereocenters. The third-order valence-corrected chi connectivity index (χ3v) is 9.67. The van der Waals surface area contributed by atoms with Crippen LogP contribution in [0.1, 0.15) is 33.2 Å². The molecule has 0 saturated carbocycles. The van der Waals surface area contributed by atoms with Crippen LogP contribution >= 0.6 is 0 Å². The van der Waals surface area contributed by atoms with Crippen LogP contribution < -0.4 is 0 Å². The van der Waals surface area contributed by atoms with Crippen LogP contribution in [0.3, 0.4) is 0 Å². The van der Waals surface area contributed by atoms with Crippen molar-refractivity contribution in [2.24, 2.45) is 0 Å². The van der Waals surface area contributed by atoms with Gasteiger partial charge in [-0.2, -0.15) is 0 Å². The van der Waals surface area contributed by atoms with Crippen LogP contribution in [-0.4, -0.2) is 9.97 Å². The predicted molar refractivity (Wildman–Crippen MR) is 204 cm³/mol. The first-order valence-electron chi connectivity index (χ1n) is 19.4. The van der Waals surface area contributed by atoms with Gasteiger partial charge >= 0.3 is 0 Å². The van der Waals surface area contributed by atoms with Gasteiger partial charge in [-0.15, -0.1) is 0 Å². The molecule has 2 nitrogen and oxygen atoms in total. The van der Waals surface area contributed by atoms with Crippen LogP contribution in [0.15, 0.2) is 170 Å². The summed E-state index contributed by atoms with van der Waals surface area (Å²) in [5.74, 6) is 0.393. The summed E-state index contributed by atoms with van der Waals surface area (Å²) in [5.41, 5.74) is 9.76. The lowest BCUT2D eigenvalue weighted by Crippen LogP contribution is -2.14. The van der Waals surface area contributed by atoms with E-state index < -0.39 is 12.1 Å². The Bertz CT molecular complexity index is 2840. The number of fused-ring (bicyclic) bond motifs is 4. The van der Waals surface area contributed by atoms with Crippen molar-refractivity contribution in [2.45, 2.75) is 19.3 Å². The second-order valence-corrected chi connectivity index (χ2v) is 13.0. The van der Waals surface area contributed by atoms with E-state index in [0.29, 0.717) is 28.3 Å². The van der Waals surface area contributed by atoms with E-state index in [0.717, 1.165) is 38.9 Å². The van der Waals surface area contributed by atoms with Gasteiger partial charge in [-0.25, -0.2) is 9.97 Å². The Hall–Kier alpha value is -6.12. The molecule has 7 aromatic carbocycles. The van der Waals surface area contributed by atoms with Crippen molar-refractivity contribution in [3.8, 4) is 67.3 Å². The number of hydrogen-bond donors (Lipinski definition) is 0. The molecule has 1 aromatic heterocycles. The monoisotopic (exact) mass is 632 g/mol. The van der Waals surface area contributed by atoms with E-state index in [1.54, 1.807) is 6.07 Å². The van der Waals surface area contributed by atoms with Crippen LogP contribution in [0.25, 0.3) is 78.1 Å². The second-order valence-electron chi connectivity index (χ2n) is 13.0. The molecule has 8 aromatic rings. The minimum Gasteiger partial charge on any atom is -0.228 e. The molecule has 0 amide bonds. The summed E-state index contributed by atoms with van der Waals surface area (Å²) in [5, 5.41) is 0.331. The normalized spacial score (nSPS) is 14.6. The summed E-state index contributed by atoms with van der Waals surface area (Å²) in [7, 11) is 0. The smallest absolute Gasteiger partial charge is 0.160 e. The maximum absolute atomic E-state index is 9.61. The van der Waals surface area contributed by atoms with Gasteiger partial charge in [0.1, 0.15) is 0 Å². The van der Waals surface area contributed by atoms with Crippen molar-refractivity contribution in [3.05, 3.63) is 181 Å². The fourth-order valence-electron chi connectivity index (χ4n) is 7.11. The average Bonchev–Trinajstić information content (AvgIpc) is 3.45. The van der Waals surface area contributed by atoms with E-state index in [4.69, 9.17) is 12.7 Å². The van der Waals surface area contributed by atoms with Gasteiger partial charge in [0.15, 0.2) is 5.82 Å². The van der Waals surface area contributed by atoms with Gasteiger partial charge in [0, 0.05) is 22.1 Å². The Morgan fingerprint density at radius 2 is 0.980 bits per heavy atom. The first-order chi connectivity index (χ1) is 26.5. The zero-order valence-corrected chi connectivity index (χ0v) is 27.1. The Balaban J connectivity index is 1.30. The predicted octanol–water partition coefficient (Wildman–Crippen LogP) is 12.3. The highest BCUT2D eigenvalue weighted by Crippen LogP contribution is 2.50. The molecule has 1 aliphatic carbocycles. The summed E-state index contributed by atoms with van der Waals surface area (Å²) in [6.07, 6.45) is 0. The Labute approximate surface area is 295 Å². The molecule has 0 saturated heterocycles. The highest BCUT2D eigenvalue weighted by atomic mass is 14.9. The van der Waals surface area contributed by atoms with Crippen LogP contribution in [0, 0.1) is 0 Å². The molecule has 2 heteroatoms. The van der Waals surface area contributed by atoms with Gasteiger partial charge in [-0.3, -0.25) is 0 Å². The molecule has 0 N–H and O–H groups in total. The van der Waals surface area contributed by atoms with E-state index >= 15 is 0 Å². The maximum Gasteiger partial charge on any atom is 0.160 e. The standard InChI is InChI=1S/C47H34N2/c1-47(2)42-20-12-11-19-39(42)40-26-25-35(29-43(40)47)36-27-28-41(38-18-10-9-17-37(36)38)45-30-44(48-46(49-45)34-15-7-4-8-16-34)33-23-21-32(22-24-33)31-13-5-3-6-14-31/h3-30H,1-2H3/i9D,10D,17D,18D,27D,28D. The van der Waals surface area contributed by atoms with Crippen LogP contribution in [-0.2, 0) is 5.41 Å². The topological polar surface area (TPSA) is 25.8 Å². The molecule has 0 spiro atoms. The Morgan fingerprint density at radius 3 is 1.73 bits per heavy atom. The van der Waals surface area contributed by atoms with Gasteiger partial charge in [0.25, 0.3) is 0 Å². The maximum atomic E-state index is 9.61. The molecule has 1 aliphatic rings. The highest BCUT2D eigenvalue weighted by Gasteiger charge is 2.35. The van der Waals surface area contributed by atoms with E-state index in [-0.39, 0.29) is 45.9 Å². The van der Waals surface area contributed by atoms with Crippen molar-refractivity contribution in [1.82, 2.24) is 9.97 Å². The molecular formula is C47H34N2. The number of aromatic nitrogens is 2. The summed E-state index contributed by atoms with van der Waals surface area (Å²) in [6, 6.07) is 41.9. The first-order valence-corrected chi connectivity index (χ1v) is 16.4. The molecular weight excluding hydrogens is 593 g/mol. The van der Waals surface area contributed by atoms with Gasteiger partial charge in [0.05, 0.1) is 19.6 Å².